The third kappa shape index (κ3) is 1.58. The van der Waals surface area contributed by atoms with E-state index in [2.05, 4.69) is 10.1 Å². The molecule has 0 amide bonds. The molecule has 2 heterocycles. The molecule has 4 nitrogen and oxygen atoms in total. The van der Waals surface area contributed by atoms with Crippen LogP contribution in [0.3, 0.4) is 0 Å². The zero-order chi connectivity index (χ0) is 11.0. The van der Waals surface area contributed by atoms with E-state index in [1.165, 1.54) is 6.07 Å². The standard InChI is InChI=1S/C11H13N3O/c1-7-11(8(2)14(3)13-7)9-4-5-10(15)12-6-9/h4-6H,1-3H3,(H,12,15). The summed E-state index contributed by atoms with van der Waals surface area (Å²) in [6.45, 7) is 3.98. The van der Waals surface area contributed by atoms with Crippen molar-refractivity contribution in [3.05, 3.63) is 40.1 Å². The van der Waals surface area contributed by atoms with E-state index in [1.54, 1.807) is 6.20 Å². The number of nitrogens with one attached hydrogen (secondary N) is 1. The maximum Gasteiger partial charge on any atom is 0.247 e. The van der Waals surface area contributed by atoms with E-state index >= 15 is 0 Å². The first-order valence-corrected chi connectivity index (χ1v) is 4.79. The Morgan fingerprint density at radius 2 is 2.07 bits per heavy atom. The molecular formula is C11H13N3O. The third-order valence-electron chi connectivity index (χ3n) is 2.58. The second-order valence-corrected chi connectivity index (χ2v) is 3.61. The Hall–Kier alpha value is -1.84. The van der Waals surface area contributed by atoms with Crippen molar-refractivity contribution in [2.45, 2.75) is 13.8 Å². The maximum atomic E-state index is 11.0. The lowest BCUT2D eigenvalue weighted by molar-refractivity contribution is 0.731. The van der Waals surface area contributed by atoms with Crippen molar-refractivity contribution in [3.63, 3.8) is 0 Å². The third-order valence-corrected chi connectivity index (χ3v) is 2.58. The fourth-order valence-corrected chi connectivity index (χ4v) is 1.76. The van der Waals surface area contributed by atoms with E-state index in [1.807, 2.05) is 31.6 Å². The highest BCUT2D eigenvalue weighted by atomic mass is 16.1. The summed E-state index contributed by atoms with van der Waals surface area (Å²) in [5.41, 5.74) is 4.07. The van der Waals surface area contributed by atoms with Crippen molar-refractivity contribution >= 4 is 0 Å². The van der Waals surface area contributed by atoms with Crippen LogP contribution in [0, 0.1) is 13.8 Å². The zero-order valence-electron chi connectivity index (χ0n) is 9.03. The average Bonchev–Trinajstić information content (AvgIpc) is 2.44. The molecule has 0 aromatic carbocycles. The average molecular weight is 203 g/mol. The molecule has 2 rings (SSSR count). The number of rotatable bonds is 1. The first-order valence-electron chi connectivity index (χ1n) is 4.79. The lowest BCUT2D eigenvalue weighted by Crippen LogP contribution is -2.01. The fraction of sp³-hybridized carbons (Fsp3) is 0.273. The summed E-state index contributed by atoms with van der Waals surface area (Å²) >= 11 is 0. The molecule has 2 aromatic rings. The molecule has 0 unspecified atom stereocenters. The van der Waals surface area contributed by atoms with Gasteiger partial charge in [-0.3, -0.25) is 9.48 Å². The van der Waals surface area contributed by atoms with Crippen LogP contribution in [-0.4, -0.2) is 14.8 Å². The second-order valence-electron chi connectivity index (χ2n) is 3.61. The minimum absolute atomic E-state index is 0.0852. The van der Waals surface area contributed by atoms with Crippen molar-refractivity contribution in [2.75, 3.05) is 0 Å². The zero-order valence-corrected chi connectivity index (χ0v) is 9.03. The largest absolute Gasteiger partial charge is 0.328 e. The summed E-state index contributed by atoms with van der Waals surface area (Å²) in [7, 11) is 1.91. The molecule has 78 valence electrons. The molecule has 0 atom stereocenters. The van der Waals surface area contributed by atoms with Crippen molar-refractivity contribution in [2.24, 2.45) is 7.05 Å². The molecule has 0 aliphatic rings. The molecule has 4 heteroatoms. The van der Waals surface area contributed by atoms with Crippen LogP contribution in [0.5, 0.6) is 0 Å². The Labute approximate surface area is 87.6 Å². The maximum absolute atomic E-state index is 11.0. The first-order chi connectivity index (χ1) is 7.09. The van der Waals surface area contributed by atoms with Gasteiger partial charge in [0.2, 0.25) is 5.56 Å². The first kappa shape index (κ1) is 9.71. The van der Waals surface area contributed by atoms with Crippen LogP contribution in [0.4, 0.5) is 0 Å². The van der Waals surface area contributed by atoms with Crippen LogP contribution in [0.2, 0.25) is 0 Å². The summed E-state index contributed by atoms with van der Waals surface area (Å²) in [4.78, 5) is 13.6. The number of nitrogens with zero attached hydrogens (tertiary/aromatic N) is 2. The van der Waals surface area contributed by atoms with Gasteiger partial charge in [0.1, 0.15) is 0 Å². The van der Waals surface area contributed by atoms with Crippen LogP contribution in [-0.2, 0) is 7.05 Å². The van der Waals surface area contributed by atoms with Gasteiger partial charge in [-0.15, -0.1) is 0 Å². The van der Waals surface area contributed by atoms with Crippen LogP contribution in [0.25, 0.3) is 11.1 Å². The number of aromatic amines is 1. The summed E-state index contributed by atoms with van der Waals surface area (Å²) in [5.74, 6) is 0. The molecule has 0 saturated heterocycles. The van der Waals surface area contributed by atoms with Crippen LogP contribution < -0.4 is 5.56 Å². The minimum atomic E-state index is -0.0852. The fourth-order valence-electron chi connectivity index (χ4n) is 1.76. The SMILES string of the molecule is Cc1nn(C)c(C)c1-c1ccc(=O)[nH]c1. The van der Waals surface area contributed by atoms with Crippen molar-refractivity contribution < 1.29 is 0 Å². The van der Waals surface area contributed by atoms with Gasteiger partial charge in [0, 0.05) is 36.1 Å². The van der Waals surface area contributed by atoms with Crippen LogP contribution in [0.15, 0.2) is 23.1 Å². The van der Waals surface area contributed by atoms with E-state index in [4.69, 9.17) is 0 Å². The van der Waals surface area contributed by atoms with Gasteiger partial charge in [-0.25, -0.2) is 0 Å². The summed E-state index contributed by atoms with van der Waals surface area (Å²) in [6.07, 6.45) is 1.72. The molecular weight excluding hydrogens is 190 g/mol. The van der Waals surface area contributed by atoms with Crippen LogP contribution in [0.1, 0.15) is 11.4 Å². The van der Waals surface area contributed by atoms with E-state index < -0.39 is 0 Å². The topological polar surface area (TPSA) is 50.7 Å². The molecule has 1 N–H and O–H groups in total. The number of aromatic nitrogens is 3. The van der Waals surface area contributed by atoms with Gasteiger partial charge in [-0.2, -0.15) is 5.10 Å². The smallest absolute Gasteiger partial charge is 0.247 e. The van der Waals surface area contributed by atoms with Gasteiger partial charge < -0.3 is 4.98 Å². The number of hydrogen-bond donors (Lipinski definition) is 1. The van der Waals surface area contributed by atoms with Gasteiger partial charge in [0.15, 0.2) is 0 Å². The number of aryl methyl sites for hydroxylation is 2. The summed E-state index contributed by atoms with van der Waals surface area (Å²) in [6, 6.07) is 3.34. The van der Waals surface area contributed by atoms with E-state index in [0.717, 1.165) is 22.5 Å². The number of hydrogen-bond acceptors (Lipinski definition) is 2. The Balaban J connectivity index is 2.63. The van der Waals surface area contributed by atoms with E-state index in [-0.39, 0.29) is 5.56 Å². The van der Waals surface area contributed by atoms with Gasteiger partial charge in [0.05, 0.1) is 5.69 Å². The highest BCUT2D eigenvalue weighted by Crippen LogP contribution is 2.24. The normalized spacial score (nSPS) is 10.6. The van der Waals surface area contributed by atoms with Gasteiger partial charge in [-0.05, 0) is 19.9 Å². The Bertz CT molecular complexity index is 531. The van der Waals surface area contributed by atoms with Crippen molar-refractivity contribution in [1.29, 1.82) is 0 Å². The number of H-pyrrole nitrogens is 1. The highest BCUT2D eigenvalue weighted by molar-refractivity contribution is 5.67. The monoisotopic (exact) mass is 203 g/mol. The van der Waals surface area contributed by atoms with Crippen LogP contribution >= 0.6 is 0 Å². The molecule has 2 aromatic heterocycles. The Morgan fingerprint density at radius 1 is 1.33 bits per heavy atom. The molecule has 0 aliphatic carbocycles. The lowest BCUT2D eigenvalue weighted by Gasteiger charge is -2.00. The Morgan fingerprint density at radius 3 is 2.53 bits per heavy atom. The number of pyridine rings is 1. The second kappa shape index (κ2) is 3.38. The molecule has 0 fully saturated rings. The summed E-state index contributed by atoms with van der Waals surface area (Å²) in [5, 5.41) is 4.33. The molecule has 0 spiro atoms. The van der Waals surface area contributed by atoms with E-state index in [9.17, 15) is 4.79 Å². The highest BCUT2D eigenvalue weighted by Gasteiger charge is 2.10. The molecule has 15 heavy (non-hydrogen) atoms. The minimum Gasteiger partial charge on any atom is -0.328 e. The lowest BCUT2D eigenvalue weighted by atomic mass is 10.1. The molecule has 0 saturated carbocycles. The Kier molecular flexibility index (Phi) is 2.19. The summed E-state index contributed by atoms with van der Waals surface area (Å²) < 4.78 is 1.84. The quantitative estimate of drug-likeness (QED) is 0.761. The van der Waals surface area contributed by atoms with Crippen molar-refractivity contribution in [1.82, 2.24) is 14.8 Å². The molecule has 0 radical (unpaired) electrons. The van der Waals surface area contributed by atoms with Gasteiger partial charge in [-0.1, -0.05) is 0 Å². The van der Waals surface area contributed by atoms with E-state index in [0.29, 0.717) is 0 Å². The molecule has 0 bridgehead atoms. The van der Waals surface area contributed by atoms with Gasteiger partial charge >= 0.3 is 0 Å². The van der Waals surface area contributed by atoms with Crippen molar-refractivity contribution in [3.8, 4) is 11.1 Å². The predicted molar refractivity (Wildman–Crippen MR) is 58.7 cm³/mol. The van der Waals surface area contributed by atoms with Gasteiger partial charge in [0.25, 0.3) is 0 Å². The predicted octanol–water partition coefficient (Wildman–Crippen LogP) is 1.39. The molecule has 0 aliphatic heterocycles.